The molecule has 1 heterocycles. The van der Waals surface area contributed by atoms with Crippen LogP contribution in [-0.2, 0) is 14.8 Å². The molecule has 0 aliphatic carbocycles. The largest absolute Gasteiger partial charge is 0.495 e. The third kappa shape index (κ3) is 2.79. The Labute approximate surface area is 124 Å². The highest BCUT2D eigenvalue weighted by Gasteiger charge is 2.37. The topological polar surface area (TPSA) is 55.8 Å². The van der Waals surface area contributed by atoms with Crippen LogP contribution in [0.2, 0.25) is 5.02 Å². The van der Waals surface area contributed by atoms with E-state index < -0.39 is 10.0 Å². The first-order valence-electron chi connectivity index (χ1n) is 6.32. The van der Waals surface area contributed by atoms with Gasteiger partial charge in [0.05, 0.1) is 20.3 Å². The molecule has 1 aromatic carbocycles. The van der Waals surface area contributed by atoms with Gasteiger partial charge < -0.3 is 9.47 Å². The maximum atomic E-state index is 12.9. The summed E-state index contributed by atoms with van der Waals surface area (Å²) in [6, 6.07) is 4.13. The zero-order chi connectivity index (χ0) is 14.9. The highest BCUT2D eigenvalue weighted by molar-refractivity contribution is 7.89. The van der Waals surface area contributed by atoms with Gasteiger partial charge in [0.15, 0.2) is 0 Å². The molecule has 0 radical (unpaired) electrons. The van der Waals surface area contributed by atoms with E-state index in [0.29, 0.717) is 24.0 Å². The Hall–Kier alpha value is -0.820. The number of halogens is 1. The van der Waals surface area contributed by atoms with E-state index >= 15 is 0 Å². The molecule has 1 saturated heterocycles. The van der Waals surface area contributed by atoms with Crippen molar-refractivity contribution in [2.24, 2.45) is 0 Å². The Balaban J connectivity index is 2.51. The normalized spacial score (nSPS) is 24.6. The van der Waals surface area contributed by atoms with E-state index in [1.165, 1.54) is 17.5 Å². The van der Waals surface area contributed by atoms with Crippen molar-refractivity contribution >= 4 is 21.6 Å². The maximum absolute atomic E-state index is 12.9. The molecule has 7 heteroatoms. The molecule has 1 aromatic rings. The zero-order valence-corrected chi connectivity index (χ0v) is 13.2. The van der Waals surface area contributed by atoms with Crippen LogP contribution in [0, 0.1) is 0 Å². The van der Waals surface area contributed by atoms with Crippen LogP contribution in [0.4, 0.5) is 0 Å². The first-order chi connectivity index (χ1) is 9.37. The molecule has 2 atom stereocenters. The Kier molecular flexibility index (Phi) is 4.59. The highest BCUT2D eigenvalue weighted by Crippen LogP contribution is 2.32. The second kappa shape index (κ2) is 5.89. The quantitative estimate of drug-likeness (QED) is 0.856. The van der Waals surface area contributed by atoms with Gasteiger partial charge in [-0.3, -0.25) is 0 Å². The van der Waals surface area contributed by atoms with Gasteiger partial charge in [0.25, 0.3) is 0 Å². The Morgan fingerprint density at radius 1 is 1.30 bits per heavy atom. The second-order valence-electron chi connectivity index (χ2n) is 4.87. The summed E-state index contributed by atoms with van der Waals surface area (Å²) in [4.78, 5) is 0.0908. The molecule has 0 spiro atoms. The van der Waals surface area contributed by atoms with Crippen molar-refractivity contribution in [2.45, 2.75) is 30.8 Å². The second-order valence-corrected chi connectivity index (χ2v) is 7.11. The number of nitrogens with zero attached hydrogens (tertiary/aromatic N) is 1. The molecule has 112 valence electrons. The van der Waals surface area contributed by atoms with Crippen LogP contribution in [0.3, 0.4) is 0 Å². The van der Waals surface area contributed by atoms with Crippen LogP contribution in [-0.4, -0.2) is 45.1 Å². The van der Waals surface area contributed by atoms with Crippen molar-refractivity contribution in [1.29, 1.82) is 0 Å². The minimum Gasteiger partial charge on any atom is -0.495 e. The number of hydrogen-bond acceptors (Lipinski definition) is 4. The van der Waals surface area contributed by atoms with Crippen LogP contribution in [0.15, 0.2) is 23.1 Å². The van der Waals surface area contributed by atoms with Crippen molar-refractivity contribution in [1.82, 2.24) is 4.31 Å². The summed E-state index contributed by atoms with van der Waals surface area (Å²) in [7, 11) is -2.24. The van der Waals surface area contributed by atoms with Gasteiger partial charge in [-0.05, 0) is 32.0 Å². The van der Waals surface area contributed by atoms with Gasteiger partial charge in [-0.15, -0.1) is 0 Å². The summed E-state index contributed by atoms with van der Waals surface area (Å²) in [5.41, 5.74) is 0. The zero-order valence-electron chi connectivity index (χ0n) is 11.7. The van der Waals surface area contributed by atoms with Crippen LogP contribution >= 0.6 is 11.6 Å². The molecular weight excluding hydrogens is 302 g/mol. The Morgan fingerprint density at radius 2 is 1.90 bits per heavy atom. The van der Waals surface area contributed by atoms with Crippen molar-refractivity contribution in [2.75, 3.05) is 20.3 Å². The first-order valence-corrected chi connectivity index (χ1v) is 8.14. The predicted molar refractivity (Wildman–Crippen MR) is 76.8 cm³/mol. The molecule has 5 nitrogen and oxygen atoms in total. The first kappa shape index (κ1) is 15.6. The van der Waals surface area contributed by atoms with Gasteiger partial charge >= 0.3 is 0 Å². The van der Waals surface area contributed by atoms with Gasteiger partial charge in [-0.25, -0.2) is 8.42 Å². The molecule has 0 aromatic heterocycles. The Morgan fingerprint density at radius 3 is 2.45 bits per heavy atom. The molecule has 0 N–H and O–H groups in total. The SMILES string of the molecule is COc1ccc(Cl)cc1S(=O)(=O)N1[C@@H](C)COC[C@@H]1C. The van der Waals surface area contributed by atoms with Gasteiger partial charge in [-0.1, -0.05) is 11.6 Å². The summed E-state index contributed by atoms with van der Waals surface area (Å²) in [6.45, 7) is 4.41. The van der Waals surface area contributed by atoms with E-state index in [2.05, 4.69) is 0 Å². The number of rotatable bonds is 3. The molecule has 0 amide bonds. The number of methoxy groups -OCH3 is 1. The molecule has 0 bridgehead atoms. The lowest BCUT2D eigenvalue weighted by Gasteiger charge is -2.37. The van der Waals surface area contributed by atoms with Crippen molar-refractivity contribution < 1.29 is 17.9 Å². The molecule has 0 unspecified atom stereocenters. The van der Waals surface area contributed by atoms with Gasteiger partial charge in [0, 0.05) is 17.1 Å². The van der Waals surface area contributed by atoms with E-state index in [1.54, 1.807) is 12.1 Å². The molecule has 1 aliphatic heterocycles. The molecule has 1 fully saturated rings. The average Bonchev–Trinajstić information content (AvgIpc) is 2.38. The van der Waals surface area contributed by atoms with Gasteiger partial charge in [0.2, 0.25) is 10.0 Å². The third-order valence-electron chi connectivity index (χ3n) is 3.27. The fourth-order valence-electron chi connectivity index (χ4n) is 2.43. The van der Waals surface area contributed by atoms with Crippen LogP contribution in [0.5, 0.6) is 5.75 Å². The van der Waals surface area contributed by atoms with Gasteiger partial charge in [0.1, 0.15) is 10.6 Å². The number of sulfonamides is 1. The number of benzene rings is 1. The van der Waals surface area contributed by atoms with E-state index in [4.69, 9.17) is 21.1 Å². The minimum absolute atomic E-state index is 0.0908. The molecular formula is C13H18ClNO4S. The van der Waals surface area contributed by atoms with E-state index in [9.17, 15) is 8.42 Å². The third-order valence-corrected chi connectivity index (χ3v) is 5.65. The van der Waals surface area contributed by atoms with E-state index in [1.807, 2.05) is 13.8 Å². The lowest BCUT2D eigenvalue weighted by atomic mass is 10.2. The fourth-order valence-corrected chi connectivity index (χ4v) is 4.64. The fraction of sp³-hybridized carbons (Fsp3) is 0.538. The maximum Gasteiger partial charge on any atom is 0.247 e. The predicted octanol–water partition coefficient (Wildman–Crippen LogP) is 2.15. The van der Waals surface area contributed by atoms with Crippen LogP contribution in [0.25, 0.3) is 0 Å². The van der Waals surface area contributed by atoms with E-state index in [0.717, 1.165) is 0 Å². The van der Waals surface area contributed by atoms with E-state index in [-0.39, 0.29) is 17.0 Å². The highest BCUT2D eigenvalue weighted by atomic mass is 35.5. The molecule has 20 heavy (non-hydrogen) atoms. The number of ether oxygens (including phenoxy) is 2. The summed E-state index contributed by atoms with van der Waals surface area (Å²) in [5, 5.41) is 0.359. The number of hydrogen-bond donors (Lipinski definition) is 0. The number of morpholine rings is 1. The standard InChI is InChI=1S/C13H18ClNO4S/c1-9-7-19-8-10(2)15(9)20(16,17)13-6-11(14)4-5-12(13)18-3/h4-6,9-10H,7-8H2,1-3H3/t9-,10-/m0/s1. The van der Waals surface area contributed by atoms with Crippen molar-refractivity contribution in [3.8, 4) is 5.75 Å². The van der Waals surface area contributed by atoms with Crippen LogP contribution < -0.4 is 4.74 Å². The molecule has 2 rings (SSSR count). The van der Waals surface area contributed by atoms with Crippen molar-refractivity contribution in [3.63, 3.8) is 0 Å². The summed E-state index contributed by atoms with van der Waals surface area (Å²) in [5.74, 6) is 0.292. The lowest BCUT2D eigenvalue weighted by Crippen LogP contribution is -2.52. The summed E-state index contributed by atoms with van der Waals surface area (Å²) >= 11 is 5.93. The smallest absolute Gasteiger partial charge is 0.247 e. The Bertz CT molecular complexity index is 580. The summed E-state index contributed by atoms with van der Waals surface area (Å²) in [6.07, 6.45) is 0. The molecule has 1 aliphatic rings. The monoisotopic (exact) mass is 319 g/mol. The lowest BCUT2D eigenvalue weighted by molar-refractivity contribution is 0.00630. The van der Waals surface area contributed by atoms with Gasteiger partial charge in [-0.2, -0.15) is 4.31 Å². The summed E-state index contributed by atoms with van der Waals surface area (Å²) < 4.78 is 37.7. The van der Waals surface area contributed by atoms with Crippen LogP contribution in [0.1, 0.15) is 13.8 Å². The average molecular weight is 320 g/mol. The van der Waals surface area contributed by atoms with Crippen molar-refractivity contribution in [3.05, 3.63) is 23.2 Å². The molecule has 0 saturated carbocycles. The minimum atomic E-state index is -3.68.